The van der Waals surface area contributed by atoms with Crippen molar-refractivity contribution in [1.82, 2.24) is 10.2 Å². The van der Waals surface area contributed by atoms with Crippen LogP contribution in [0.3, 0.4) is 0 Å². The van der Waals surface area contributed by atoms with Crippen molar-refractivity contribution in [2.75, 3.05) is 19.0 Å². The average Bonchev–Trinajstić information content (AvgIpc) is 2.82. The van der Waals surface area contributed by atoms with Crippen LogP contribution in [0.5, 0.6) is 0 Å². The topological polar surface area (TPSA) is 84.3 Å². The first-order valence-corrected chi connectivity index (χ1v) is 6.03. The molecule has 0 bridgehead atoms. The molecular formula is C12H17N3O3. The first-order chi connectivity index (χ1) is 8.69. The van der Waals surface area contributed by atoms with Crippen LogP contribution < -0.4 is 5.32 Å². The summed E-state index contributed by atoms with van der Waals surface area (Å²) in [6.07, 6.45) is 2.58. The summed E-state index contributed by atoms with van der Waals surface area (Å²) in [5, 5.41) is 20.2. The molecule has 0 spiro atoms. The zero-order chi connectivity index (χ0) is 13.0. The Morgan fingerprint density at radius 3 is 2.89 bits per heavy atom. The molecule has 98 valence electrons. The predicted molar refractivity (Wildman–Crippen MR) is 65.2 cm³/mol. The van der Waals surface area contributed by atoms with E-state index in [0.29, 0.717) is 11.7 Å². The number of aliphatic hydroxyl groups is 1. The number of nitrogens with one attached hydrogen (secondary N) is 1. The number of carbonyl (C=O) groups is 1. The van der Waals surface area contributed by atoms with Gasteiger partial charge < -0.3 is 15.2 Å². The van der Waals surface area contributed by atoms with E-state index in [0.717, 1.165) is 25.8 Å². The summed E-state index contributed by atoms with van der Waals surface area (Å²) in [6, 6.07) is 3.27. The van der Waals surface area contributed by atoms with Gasteiger partial charge in [-0.15, -0.1) is 10.2 Å². The Hall–Kier alpha value is -1.69. The lowest BCUT2D eigenvalue weighted by molar-refractivity contribution is 0.0592. The van der Waals surface area contributed by atoms with Crippen LogP contribution in [0.2, 0.25) is 0 Å². The Morgan fingerprint density at radius 1 is 1.50 bits per heavy atom. The second-order valence-corrected chi connectivity index (χ2v) is 4.51. The molecule has 1 heterocycles. The molecule has 0 radical (unpaired) electrons. The van der Waals surface area contributed by atoms with E-state index in [4.69, 9.17) is 0 Å². The van der Waals surface area contributed by atoms with E-state index < -0.39 is 5.97 Å². The number of hydrogen-bond acceptors (Lipinski definition) is 6. The third kappa shape index (κ3) is 3.16. The molecule has 6 nitrogen and oxygen atoms in total. The fourth-order valence-corrected chi connectivity index (χ4v) is 2.12. The number of aliphatic hydroxyl groups excluding tert-OH is 1. The van der Waals surface area contributed by atoms with Gasteiger partial charge in [0, 0.05) is 6.54 Å². The van der Waals surface area contributed by atoms with Gasteiger partial charge in [0.15, 0.2) is 5.69 Å². The van der Waals surface area contributed by atoms with Crippen LogP contribution in [0.25, 0.3) is 0 Å². The smallest absolute Gasteiger partial charge is 0.358 e. The molecular weight excluding hydrogens is 234 g/mol. The molecule has 2 unspecified atom stereocenters. The van der Waals surface area contributed by atoms with E-state index in [9.17, 15) is 9.90 Å². The van der Waals surface area contributed by atoms with E-state index in [1.807, 2.05) is 0 Å². The summed E-state index contributed by atoms with van der Waals surface area (Å²) in [7, 11) is 1.31. The lowest BCUT2D eigenvalue weighted by Gasteiger charge is -2.10. The summed E-state index contributed by atoms with van der Waals surface area (Å²) in [6.45, 7) is 0.767. The average molecular weight is 251 g/mol. The highest BCUT2D eigenvalue weighted by Crippen LogP contribution is 2.25. The van der Waals surface area contributed by atoms with Crippen LogP contribution in [-0.2, 0) is 4.74 Å². The Bertz CT molecular complexity index is 408. The first kappa shape index (κ1) is 12.8. The molecule has 1 fully saturated rings. The van der Waals surface area contributed by atoms with E-state index in [1.54, 1.807) is 12.1 Å². The van der Waals surface area contributed by atoms with Gasteiger partial charge in [0.1, 0.15) is 5.82 Å². The molecule has 2 N–H and O–H groups in total. The number of hydrogen-bond donors (Lipinski definition) is 2. The summed E-state index contributed by atoms with van der Waals surface area (Å²) in [4.78, 5) is 11.2. The van der Waals surface area contributed by atoms with Crippen LogP contribution in [0, 0.1) is 5.92 Å². The Morgan fingerprint density at radius 2 is 2.33 bits per heavy atom. The highest BCUT2D eigenvalue weighted by Gasteiger charge is 2.22. The second-order valence-electron chi connectivity index (χ2n) is 4.51. The van der Waals surface area contributed by atoms with Crippen LogP contribution in [0.1, 0.15) is 29.8 Å². The Balaban J connectivity index is 1.85. The van der Waals surface area contributed by atoms with Crippen molar-refractivity contribution in [3.8, 4) is 0 Å². The van der Waals surface area contributed by atoms with Gasteiger partial charge in [0.2, 0.25) is 0 Å². The fraction of sp³-hybridized carbons (Fsp3) is 0.583. The molecule has 1 aliphatic rings. The van der Waals surface area contributed by atoms with Crippen molar-refractivity contribution >= 4 is 11.8 Å². The van der Waals surface area contributed by atoms with Gasteiger partial charge in [0.25, 0.3) is 0 Å². The minimum absolute atomic E-state index is 0.162. The summed E-state index contributed by atoms with van der Waals surface area (Å²) in [5.41, 5.74) is 0.194. The number of esters is 1. The van der Waals surface area contributed by atoms with Crippen LogP contribution in [-0.4, -0.2) is 41.0 Å². The maximum atomic E-state index is 11.2. The number of carbonyl (C=O) groups excluding carboxylic acids is 1. The molecule has 1 aromatic rings. The monoisotopic (exact) mass is 251 g/mol. The zero-order valence-electron chi connectivity index (χ0n) is 10.3. The van der Waals surface area contributed by atoms with Crippen molar-refractivity contribution in [2.24, 2.45) is 5.92 Å². The first-order valence-electron chi connectivity index (χ1n) is 6.03. The van der Waals surface area contributed by atoms with Crippen LogP contribution in [0.4, 0.5) is 5.82 Å². The van der Waals surface area contributed by atoms with Gasteiger partial charge in [-0.05, 0) is 37.3 Å². The third-order valence-electron chi connectivity index (χ3n) is 3.14. The standard InChI is InChI=1S/C12H17N3O3/c1-18-12(17)10-4-5-11(15-14-10)13-7-8-2-3-9(16)6-8/h4-5,8-9,16H,2-3,6-7H2,1H3,(H,13,15). The SMILES string of the molecule is COC(=O)c1ccc(NCC2CCC(O)C2)nn1. The summed E-state index contributed by atoms with van der Waals surface area (Å²) >= 11 is 0. The number of nitrogens with zero attached hydrogens (tertiary/aromatic N) is 2. The molecule has 2 atom stereocenters. The van der Waals surface area contributed by atoms with Gasteiger partial charge in [-0.2, -0.15) is 0 Å². The maximum absolute atomic E-state index is 11.2. The largest absolute Gasteiger partial charge is 0.464 e. The summed E-state index contributed by atoms with van der Waals surface area (Å²) in [5.74, 6) is 0.610. The molecule has 2 rings (SSSR count). The number of anilines is 1. The third-order valence-corrected chi connectivity index (χ3v) is 3.14. The molecule has 0 aliphatic heterocycles. The number of ether oxygens (including phenoxy) is 1. The van der Waals surface area contributed by atoms with E-state index in [-0.39, 0.29) is 11.8 Å². The highest BCUT2D eigenvalue weighted by molar-refractivity contribution is 5.86. The lowest BCUT2D eigenvalue weighted by atomic mass is 10.1. The molecule has 18 heavy (non-hydrogen) atoms. The van der Waals surface area contributed by atoms with Gasteiger partial charge in [-0.1, -0.05) is 0 Å². The molecule has 1 saturated carbocycles. The van der Waals surface area contributed by atoms with Gasteiger partial charge in [0.05, 0.1) is 13.2 Å². The second kappa shape index (κ2) is 5.77. The van der Waals surface area contributed by atoms with Crippen molar-refractivity contribution in [1.29, 1.82) is 0 Å². The molecule has 1 aromatic heterocycles. The molecule has 0 amide bonds. The molecule has 1 aliphatic carbocycles. The normalized spacial score (nSPS) is 22.8. The summed E-state index contributed by atoms with van der Waals surface area (Å²) < 4.78 is 4.54. The van der Waals surface area contributed by atoms with E-state index in [2.05, 4.69) is 20.3 Å². The Kier molecular flexibility index (Phi) is 4.09. The fourth-order valence-electron chi connectivity index (χ4n) is 2.12. The minimum Gasteiger partial charge on any atom is -0.464 e. The number of methoxy groups -OCH3 is 1. The van der Waals surface area contributed by atoms with Crippen molar-refractivity contribution in [3.05, 3.63) is 17.8 Å². The minimum atomic E-state index is -0.493. The molecule has 0 saturated heterocycles. The maximum Gasteiger partial charge on any atom is 0.358 e. The predicted octanol–water partition coefficient (Wildman–Crippen LogP) is 0.836. The number of aromatic nitrogens is 2. The Labute approximate surface area is 105 Å². The number of rotatable bonds is 4. The van der Waals surface area contributed by atoms with Gasteiger partial charge in [-0.25, -0.2) is 4.79 Å². The highest BCUT2D eigenvalue weighted by atomic mass is 16.5. The molecule has 0 aromatic carbocycles. The van der Waals surface area contributed by atoms with Crippen LogP contribution >= 0.6 is 0 Å². The molecule has 6 heteroatoms. The van der Waals surface area contributed by atoms with Crippen molar-refractivity contribution < 1.29 is 14.6 Å². The quantitative estimate of drug-likeness (QED) is 0.771. The van der Waals surface area contributed by atoms with E-state index >= 15 is 0 Å². The van der Waals surface area contributed by atoms with Crippen LogP contribution in [0.15, 0.2) is 12.1 Å². The van der Waals surface area contributed by atoms with E-state index in [1.165, 1.54) is 7.11 Å². The van der Waals surface area contributed by atoms with Gasteiger partial charge >= 0.3 is 5.97 Å². The lowest BCUT2D eigenvalue weighted by Crippen LogP contribution is -2.14. The zero-order valence-corrected chi connectivity index (χ0v) is 10.3. The van der Waals surface area contributed by atoms with Crippen molar-refractivity contribution in [3.63, 3.8) is 0 Å². The van der Waals surface area contributed by atoms with Crippen molar-refractivity contribution in [2.45, 2.75) is 25.4 Å². The van der Waals surface area contributed by atoms with Gasteiger partial charge in [-0.3, -0.25) is 0 Å².